The van der Waals surface area contributed by atoms with Crippen LogP contribution in [0.15, 0.2) is 12.2 Å². The summed E-state index contributed by atoms with van der Waals surface area (Å²) in [7, 11) is 0.174. The van der Waals surface area contributed by atoms with E-state index in [0.717, 1.165) is 0 Å². The van der Waals surface area contributed by atoms with Crippen LogP contribution in [0.3, 0.4) is 0 Å². The first-order chi connectivity index (χ1) is 7.51. The molecule has 0 saturated carbocycles. The quantitative estimate of drug-likeness (QED) is 0.482. The van der Waals surface area contributed by atoms with Gasteiger partial charge in [-0.1, -0.05) is 6.58 Å². The van der Waals surface area contributed by atoms with Crippen LogP contribution in [-0.4, -0.2) is 47.1 Å². The molecule has 0 amide bonds. The fourth-order valence-corrected chi connectivity index (χ4v) is 2.97. The van der Waals surface area contributed by atoms with Gasteiger partial charge in [0, 0.05) is 26.9 Å². The fraction of sp³-hybridized carbons (Fsp3) is 0.700. The minimum Gasteiger partial charge on any atom is -0.396 e. The summed E-state index contributed by atoms with van der Waals surface area (Å²) in [6.45, 7) is 5.11. The Morgan fingerprint density at radius 3 is 2.31 bits per heavy atom. The molecule has 5 nitrogen and oxygen atoms in total. The van der Waals surface area contributed by atoms with Crippen molar-refractivity contribution in [2.45, 2.75) is 19.4 Å². The Balaban J connectivity index is 4.31. The van der Waals surface area contributed by atoms with Crippen LogP contribution in [0, 0.1) is 0 Å². The van der Waals surface area contributed by atoms with Gasteiger partial charge in [0.15, 0.2) is 5.78 Å². The summed E-state index contributed by atoms with van der Waals surface area (Å²) in [4.78, 5) is 11.3. The van der Waals surface area contributed by atoms with Crippen molar-refractivity contribution in [1.29, 1.82) is 0 Å². The Kier molecular flexibility index (Phi) is 7.44. The molecule has 1 N–H and O–H groups in total. The molecular weight excluding hydrogens is 228 g/mol. The molecule has 0 aliphatic carbocycles. The van der Waals surface area contributed by atoms with Crippen LogP contribution in [0.1, 0.15) is 13.3 Å². The van der Waals surface area contributed by atoms with E-state index in [-0.39, 0.29) is 19.0 Å². The molecule has 0 heterocycles. The van der Waals surface area contributed by atoms with Gasteiger partial charge in [0.2, 0.25) is 0 Å². The second-order valence-corrected chi connectivity index (χ2v) is 6.38. The molecule has 0 aromatic heterocycles. The average molecular weight is 248 g/mol. The van der Waals surface area contributed by atoms with E-state index >= 15 is 0 Å². The predicted molar refractivity (Wildman–Crippen MR) is 62.1 cm³/mol. The first kappa shape index (κ1) is 15.5. The third-order valence-electron chi connectivity index (χ3n) is 2.16. The molecule has 6 heteroatoms. The molecule has 0 aliphatic heterocycles. The van der Waals surface area contributed by atoms with Gasteiger partial charge in [-0.15, -0.1) is 0 Å². The van der Waals surface area contributed by atoms with Crippen LogP contribution in [0.25, 0.3) is 0 Å². The van der Waals surface area contributed by atoms with E-state index < -0.39 is 8.80 Å². The third kappa shape index (κ3) is 5.00. The summed E-state index contributed by atoms with van der Waals surface area (Å²) in [6.07, 6.45) is 0.523. The van der Waals surface area contributed by atoms with E-state index in [1.165, 1.54) is 14.2 Å². The molecule has 0 aliphatic rings. The molecule has 0 aromatic carbocycles. The second-order valence-electron chi connectivity index (χ2n) is 3.41. The molecule has 0 radical (unpaired) electrons. The standard InChI is InChI=1S/C10H20O5Si/c1-9(2)10(12)8-15-16(13-3,14-4)7-5-6-11/h11H,1,5-8H2,2-4H3. The molecule has 16 heavy (non-hydrogen) atoms. The summed E-state index contributed by atoms with van der Waals surface area (Å²) < 4.78 is 15.9. The molecule has 0 rings (SSSR count). The lowest BCUT2D eigenvalue weighted by atomic mass is 10.2. The highest BCUT2D eigenvalue weighted by atomic mass is 28.4. The lowest BCUT2D eigenvalue weighted by Crippen LogP contribution is -2.45. The third-order valence-corrected chi connectivity index (χ3v) is 4.96. The zero-order valence-corrected chi connectivity index (χ0v) is 11.1. The van der Waals surface area contributed by atoms with Gasteiger partial charge < -0.3 is 18.4 Å². The van der Waals surface area contributed by atoms with E-state index in [9.17, 15) is 4.79 Å². The number of Topliss-reactive ketones (excluding diaryl/α,β-unsaturated/α-hetero) is 1. The smallest absolute Gasteiger partial charge is 0.396 e. The Labute approximate surface area is 97.4 Å². The monoisotopic (exact) mass is 248 g/mol. The molecular formula is C10H20O5Si. The summed E-state index contributed by atoms with van der Waals surface area (Å²) in [6, 6.07) is 0.486. The van der Waals surface area contributed by atoms with Crippen LogP contribution in [0.2, 0.25) is 6.04 Å². The fourth-order valence-electron chi connectivity index (χ4n) is 1.07. The molecule has 0 spiro atoms. The molecule has 94 valence electrons. The van der Waals surface area contributed by atoms with Crippen LogP contribution in [0.4, 0.5) is 0 Å². The van der Waals surface area contributed by atoms with Crippen molar-refractivity contribution < 1.29 is 23.2 Å². The van der Waals surface area contributed by atoms with E-state index in [2.05, 4.69) is 6.58 Å². The minimum atomic E-state index is -2.80. The summed E-state index contributed by atoms with van der Waals surface area (Å²) in [5.74, 6) is -0.171. The maximum absolute atomic E-state index is 11.3. The van der Waals surface area contributed by atoms with Gasteiger partial charge >= 0.3 is 8.80 Å². The van der Waals surface area contributed by atoms with Crippen LogP contribution in [-0.2, 0) is 18.1 Å². The van der Waals surface area contributed by atoms with Crippen LogP contribution in [0.5, 0.6) is 0 Å². The molecule has 0 fully saturated rings. The minimum absolute atomic E-state index is 0.0409. The largest absolute Gasteiger partial charge is 0.500 e. The average Bonchev–Trinajstić information content (AvgIpc) is 2.29. The number of aliphatic hydroxyl groups is 1. The Morgan fingerprint density at radius 1 is 1.38 bits per heavy atom. The Hall–Kier alpha value is -0.533. The van der Waals surface area contributed by atoms with Crippen LogP contribution < -0.4 is 0 Å². The normalized spacial score (nSPS) is 11.5. The van der Waals surface area contributed by atoms with E-state index in [0.29, 0.717) is 18.0 Å². The predicted octanol–water partition coefficient (Wildman–Crippen LogP) is 0.762. The van der Waals surface area contributed by atoms with Gasteiger partial charge in [0.1, 0.15) is 6.61 Å². The lowest BCUT2D eigenvalue weighted by Gasteiger charge is -2.25. The second kappa shape index (κ2) is 7.69. The van der Waals surface area contributed by atoms with Gasteiger partial charge in [-0.3, -0.25) is 4.79 Å². The number of ketones is 1. The van der Waals surface area contributed by atoms with Crippen LogP contribution >= 0.6 is 0 Å². The van der Waals surface area contributed by atoms with Gasteiger partial charge in [-0.25, -0.2) is 0 Å². The maximum atomic E-state index is 11.3. The van der Waals surface area contributed by atoms with Gasteiger partial charge in [0.25, 0.3) is 0 Å². The number of hydrogen-bond donors (Lipinski definition) is 1. The molecule has 0 unspecified atom stereocenters. The number of hydrogen-bond acceptors (Lipinski definition) is 5. The zero-order valence-electron chi connectivity index (χ0n) is 10.1. The highest BCUT2D eigenvalue weighted by Gasteiger charge is 2.38. The maximum Gasteiger partial charge on any atom is 0.500 e. The van der Waals surface area contributed by atoms with Gasteiger partial charge in [-0.2, -0.15) is 0 Å². The van der Waals surface area contributed by atoms with E-state index in [4.69, 9.17) is 18.4 Å². The number of carbonyl (C=O) groups excluding carboxylic acids is 1. The van der Waals surface area contributed by atoms with Crippen molar-refractivity contribution in [3.8, 4) is 0 Å². The first-order valence-corrected chi connectivity index (χ1v) is 6.98. The Bertz CT molecular complexity index is 237. The van der Waals surface area contributed by atoms with Gasteiger partial charge in [-0.05, 0) is 18.9 Å². The molecule has 0 bridgehead atoms. The highest BCUT2D eigenvalue weighted by Crippen LogP contribution is 2.16. The molecule has 0 aromatic rings. The topological polar surface area (TPSA) is 65.0 Å². The number of aliphatic hydroxyl groups excluding tert-OH is 1. The van der Waals surface area contributed by atoms with Crippen molar-refractivity contribution in [2.75, 3.05) is 27.4 Å². The van der Waals surface area contributed by atoms with Crippen molar-refractivity contribution >= 4 is 14.6 Å². The van der Waals surface area contributed by atoms with Crippen molar-refractivity contribution in [2.24, 2.45) is 0 Å². The van der Waals surface area contributed by atoms with E-state index in [1.807, 2.05) is 0 Å². The van der Waals surface area contributed by atoms with Crippen molar-refractivity contribution in [1.82, 2.24) is 0 Å². The number of rotatable bonds is 9. The van der Waals surface area contributed by atoms with Gasteiger partial charge in [0.05, 0.1) is 0 Å². The van der Waals surface area contributed by atoms with Crippen molar-refractivity contribution in [3.05, 3.63) is 12.2 Å². The molecule has 0 atom stereocenters. The lowest BCUT2D eigenvalue weighted by molar-refractivity contribution is -0.118. The summed E-state index contributed by atoms with van der Waals surface area (Å²) in [5, 5.41) is 8.76. The molecule has 0 saturated heterocycles. The zero-order chi connectivity index (χ0) is 12.6. The summed E-state index contributed by atoms with van der Waals surface area (Å²) >= 11 is 0. The van der Waals surface area contributed by atoms with Crippen molar-refractivity contribution in [3.63, 3.8) is 0 Å². The van der Waals surface area contributed by atoms with E-state index in [1.54, 1.807) is 6.92 Å². The summed E-state index contributed by atoms with van der Waals surface area (Å²) in [5.41, 5.74) is 0.442. The first-order valence-electron chi connectivity index (χ1n) is 5.05. The SMILES string of the molecule is C=C(C)C(=O)CO[Si](CCCO)(OC)OC. The number of carbonyl (C=O) groups is 1. The Morgan fingerprint density at radius 2 is 1.94 bits per heavy atom. The highest BCUT2D eigenvalue weighted by molar-refractivity contribution is 6.60.